The number of carbonyl (C=O) groups is 3. The van der Waals surface area contributed by atoms with Gasteiger partial charge in [-0.15, -0.1) is 0 Å². The molecule has 0 saturated carbocycles. The summed E-state index contributed by atoms with van der Waals surface area (Å²) in [4.78, 5) is 61.4. The van der Waals surface area contributed by atoms with Crippen LogP contribution in [0.1, 0.15) is 32.6 Å². The Labute approximate surface area is 292 Å². The van der Waals surface area contributed by atoms with Crippen LogP contribution < -0.4 is 35.6 Å². The van der Waals surface area contributed by atoms with Gasteiger partial charge in [-0.1, -0.05) is 0 Å². The first-order chi connectivity index (χ1) is 24.3. The molecule has 1 saturated heterocycles. The molecule has 1 aliphatic heterocycles. The Morgan fingerprint density at radius 3 is 2.20 bits per heavy atom. The van der Waals surface area contributed by atoms with Gasteiger partial charge in [0.15, 0.2) is 5.82 Å². The minimum Gasteiger partial charge on any atom is -0.497 e. The number of alkyl carbamates (subject to hydrolysis) is 1. The van der Waals surface area contributed by atoms with E-state index in [1.165, 1.54) is 61.2 Å². The first-order valence-electron chi connectivity index (χ1n) is 16.0. The topological polar surface area (TPSA) is 148 Å². The molecule has 0 bridgehead atoms. The fourth-order valence-electron chi connectivity index (χ4n) is 5.87. The number of methoxy groups -OCH3 is 3. The number of anilines is 2. The van der Waals surface area contributed by atoms with Crippen LogP contribution in [-0.2, 0) is 9.53 Å². The second-order valence-electron chi connectivity index (χ2n) is 12.3. The average molecular weight is 708 g/mol. The lowest BCUT2D eigenvalue weighted by Crippen LogP contribution is -2.62. The van der Waals surface area contributed by atoms with Crippen LogP contribution in [0.5, 0.6) is 11.5 Å². The molecule has 0 unspecified atom stereocenters. The van der Waals surface area contributed by atoms with E-state index in [0.29, 0.717) is 11.4 Å². The maximum atomic E-state index is 14.5. The normalized spacial score (nSPS) is 13.7. The smallest absolute Gasteiger partial charge is 0.407 e. The van der Waals surface area contributed by atoms with E-state index in [9.17, 15) is 28.0 Å². The zero-order chi connectivity index (χ0) is 37.0. The van der Waals surface area contributed by atoms with Crippen LogP contribution in [-0.4, -0.2) is 85.6 Å². The summed E-state index contributed by atoms with van der Waals surface area (Å²) in [5.41, 5.74) is -1.14. The van der Waals surface area contributed by atoms with E-state index in [0.717, 1.165) is 12.1 Å². The molecule has 1 aliphatic rings. The molecule has 0 spiro atoms. The Morgan fingerprint density at radius 2 is 1.57 bits per heavy atom. The minimum absolute atomic E-state index is 0.0723. The van der Waals surface area contributed by atoms with Gasteiger partial charge in [0.25, 0.3) is 5.56 Å². The van der Waals surface area contributed by atoms with Crippen molar-refractivity contribution >= 4 is 40.3 Å². The number of benzene rings is 3. The molecule has 0 radical (unpaired) electrons. The molecule has 16 heteroatoms. The molecule has 3 aromatic carbocycles. The van der Waals surface area contributed by atoms with Gasteiger partial charge in [0.1, 0.15) is 28.7 Å². The molecule has 4 amide bonds. The van der Waals surface area contributed by atoms with Gasteiger partial charge in [-0.2, -0.15) is 0 Å². The lowest BCUT2D eigenvalue weighted by molar-refractivity contribution is -0.137. The fraction of sp³-hybridized carbons (Fsp3) is 0.343. The van der Waals surface area contributed by atoms with E-state index in [-0.39, 0.29) is 60.3 Å². The third kappa shape index (κ3) is 7.64. The number of nitrogens with zero attached hydrogens (tertiary/aromatic N) is 5. The van der Waals surface area contributed by atoms with E-state index in [1.54, 1.807) is 48.9 Å². The minimum atomic E-state index is -1.27. The van der Waals surface area contributed by atoms with E-state index < -0.39 is 40.9 Å². The van der Waals surface area contributed by atoms with Gasteiger partial charge >= 0.3 is 12.1 Å². The molecule has 5 rings (SSSR count). The van der Waals surface area contributed by atoms with Gasteiger partial charge in [0.05, 0.1) is 57.1 Å². The molecular weight excluding hydrogens is 668 g/mol. The molecule has 0 aliphatic carbocycles. The predicted molar refractivity (Wildman–Crippen MR) is 186 cm³/mol. The third-order valence-electron chi connectivity index (χ3n) is 8.52. The number of halogens is 2. The molecule has 1 aromatic heterocycles. The number of piperazine rings is 1. The molecule has 270 valence electrons. The second kappa shape index (κ2) is 14.9. The number of hydrogen-bond acceptors (Lipinski definition) is 9. The lowest BCUT2D eigenvalue weighted by Gasteiger charge is -2.41. The van der Waals surface area contributed by atoms with Crippen LogP contribution in [0.25, 0.3) is 10.9 Å². The van der Waals surface area contributed by atoms with Crippen LogP contribution in [0.3, 0.4) is 0 Å². The monoisotopic (exact) mass is 707 g/mol. The first-order valence-corrected chi connectivity index (χ1v) is 16.0. The van der Waals surface area contributed by atoms with Crippen LogP contribution in [0.2, 0.25) is 0 Å². The van der Waals surface area contributed by atoms with Crippen molar-refractivity contribution in [1.29, 1.82) is 0 Å². The molecule has 2 heterocycles. The van der Waals surface area contributed by atoms with Gasteiger partial charge in [0, 0.05) is 30.9 Å². The first kappa shape index (κ1) is 36.4. The molecule has 51 heavy (non-hydrogen) atoms. The zero-order valence-electron chi connectivity index (χ0n) is 29.0. The third-order valence-corrected chi connectivity index (χ3v) is 8.52. The van der Waals surface area contributed by atoms with Crippen molar-refractivity contribution in [3.63, 3.8) is 0 Å². The highest BCUT2D eigenvalue weighted by Gasteiger charge is 2.37. The summed E-state index contributed by atoms with van der Waals surface area (Å²) in [5, 5.41) is 7.15. The molecular formula is C35H39F2N7O7. The van der Waals surface area contributed by atoms with E-state index >= 15 is 0 Å². The van der Waals surface area contributed by atoms with Gasteiger partial charge in [-0.05, 0) is 69.3 Å². The average Bonchev–Trinajstić information content (AvgIpc) is 3.12. The van der Waals surface area contributed by atoms with Gasteiger partial charge in [-0.25, -0.2) is 28.0 Å². The number of nitrogens with one attached hydrogen (secondary N) is 2. The van der Waals surface area contributed by atoms with Crippen molar-refractivity contribution in [2.45, 2.75) is 32.4 Å². The van der Waals surface area contributed by atoms with Crippen molar-refractivity contribution in [1.82, 2.24) is 19.9 Å². The summed E-state index contributed by atoms with van der Waals surface area (Å²) in [6.07, 6.45) is -0.752. The quantitative estimate of drug-likeness (QED) is 0.258. The fourth-order valence-corrected chi connectivity index (χ4v) is 5.87. The number of carbonyl (C=O) groups excluding carboxylic acids is 3. The SMILES string of the molecule is COC(=O)NC(C)(C)C(=O)N1CCN(n2c([C@H](C)N(C(=O)Nc3ccc(F)cc3)c3ccc(OC)cc3OC)nc3cc(F)ccc3c2=O)CC1. The maximum Gasteiger partial charge on any atom is 0.407 e. The Kier molecular flexibility index (Phi) is 10.6. The molecule has 4 aromatic rings. The number of fused-ring (bicyclic) bond motifs is 1. The molecule has 14 nitrogen and oxygen atoms in total. The molecule has 1 atom stereocenters. The maximum absolute atomic E-state index is 14.5. The van der Waals surface area contributed by atoms with Crippen molar-refractivity contribution in [2.24, 2.45) is 0 Å². The molecule has 2 N–H and O–H groups in total. The highest BCUT2D eigenvalue weighted by molar-refractivity contribution is 6.03. The standard InChI is InChI=1S/C35H39F2N7O7/c1-21(43(28-14-12-25(49-4)20-29(28)50-5)33(47)38-24-10-7-22(36)8-11-24)30-39-27-19-23(37)9-13-26(27)31(45)44(30)42-17-15-41(16-18-42)32(46)35(2,3)40-34(48)51-6/h7-14,19-21H,15-18H2,1-6H3,(H,38,47)(H,40,48)/t21-/m0/s1. The Morgan fingerprint density at radius 1 is 0.902 bits per heavy atom. The van der Waals surface area contributed by atoms with Crippen LogP contribution in [0.4, 0.5) is 29.7 Å². The van der Waals surface area contributed by atoms with E-state index in [2.05, 4.69) is 15.4 Å². The van der Waals surface area contributed by atoms with Crippen molar-refractivity contribution in [3.8, 4) is 11.5 Å². The Hall–Kier alpha value is -5.93. The largest absolute Gasteiger partial charge is 0.497 e. The summed E-state index contributed by atoms with van der Waals surface area (Å²) in [6, 6.07) is 12.0. The van der Waals surface area contributed by atoms with Crippen molar-refractivity contribution in [3.05, 3.63) is 88.5 Å². The van der Waals surface area contributed by atoms with Crippen LogP contribution in [0, 0.1) is 11.6 Å². The number of amides is 4. The molecule has 1 fully saturated rings. The van der Waals surface area contributed by atoms with Crippen LogP contribution >= 0.6 is 0 Å². The van der Waals surface area contributed by atoms with Crippen molar-refractivity contribution in [2.75, 3.05) is 62.7 Å². The summed E-state index contributed by atoms with van der Waals surface area (Å²) >= 11 is 0. The summed E-state index contributed by atoms with van der Waals surface area (Å²) in [6.45, 7) is 5.46. The number of ether oxygens (including phenoxy) is 3. The Bertz CT molecular complexity index is 2000. The Balaban J connectivity index is 1.59. The number of hydrogen-bond donors (Lipinski definition) is 2. The highest BCUT2D eigenvalue weighted by atomic mass is 19.1. The summed E-state index contributed by atoms with van der Waals surface area (Å²) in [7, 11) is 4.11. The predicted octanol–water partition coefficient (Wildman–Crippen LogP) is 4.41. The van der Waals surface area contributed by atoms with Gasteiger partial charge < -0.3 is 34.8 Å². The number of aromatic nitrogens is 2. The lowest BCUT2D eigenvalue weighted by atomic mass is 10.0. The number of rotatable bonds is 9. The highest BCUT2D eigenvalue weighted by Crippen LogP contribution is 2.37. The van der Waals surface area contributed by atoms with Gasteiger partial charge in [0.2, 0.25) is 5.91 Å². The van der Waals surface area contributed by atoms with Crippen LogP contribution in [0.15, 0.2) is 65.5 Å². The van der Waals surface area contributed by atoms with Gasteiger partial charge in [-0.3, -0.25) is 14.5 Å². The second-order valence-corrected chi connectivity index (χ2v) is 12.3. The van der Waals surface area contributed by atoms with E-state index in [4.69, 9.17) is 14.5 Å². The number of urea groups is 1. The van der Waals surface area contributed by atoms with E-state index in [1.807, 2.05) is 0 Å². The van der Waals surface area contributed by atoms with Crippen molar-refractivity contribution < 1.29 is 37.4 Å². The summed E-state index contributed by atoms with van der Waals surface area (Å²) in [5.74, 6) is -0.656. The zero-order valence-corrected chi connectivity index (χ0v) is 29.0. The summed E-state index contributed by atoms with van der Waals surface area (Å²) < 4.78 is 45.2.